The van der Waals surface area contributed by atoms with Crippen molar-refractivity contribution >= 4 is 27.6 Å². The van der Waals surface area contributed by atoms with Crippen molar-refractivity contribution in [2.24, 2.45) is 5.14 Å². The van der Waals surface area contributed by atoms with Gasteiger partial charge in [-0.2, -0.15) is 0 Å². The molecule has 0 spiro atoms. The van der Waals surface area contributed by atoms with Gasteiger partial charge in [0, 0.05) is 16.7 Å². The molecule has 3 aromatic carbocycles. The van der Waals surface area contributed by atoms with Crippen LogP contribution in [-0.4, -0.2) is 14.4 Å². The lowest BCUT2D eigenvalue weighted by molar-refractivity contribution is -0.112. The number of rotatable bonds is 5. The third-order valence-electron chi connectivity index (χ3n) is 4.74. The number of primary sulfonamides is 1. The molecule has 1 heterocycles. The number of hydrogen-bond donors (Lipinski definition) is 1. The van der Waals surface area contributed by atoms with Crippen molar-refractivity contribution in [1.29, 1.82) is 0 Å². The van der Waals surface area contributed by atoms with Crippen LogP contribution >= 0.6 is 11.6 Å². The fourth-order valence-corrected chi connectivity index (χ4v) is 3.95. The monoisotopic (exact) mass is 477 g/mol. The third-order valence-corrected chi connectivity index (χ3v) is 5.98. The zero-order valence-corrected chi connectivity index (χ0v) is 18.0. The van der Waals surface area contributed by atoms with Crippen LogP contribution in [0.4, 0.5) is 4.39 Å². The van der Waals surface area contributed by atoms with Crippen molar-refractivity contribution in [3.05, 3.63) is 93.8 Å². The number of esters is 1. The first-order valence-corrected chi connectivity index (χ1v) is 11.3. The summed E-state index contributed by atoms with van der Waals surface area (Å²) < 4.78 is 54.1. The highest BCUT2D eigenvalue weighted by Gasteiger charge is 2.26. The highest BCUT2D eigenvalue weighted by molar-refractivity contribution is 7.89. The first-order valence-electron chi connectivity index (χ1n) is 9.36. The Balaban J connectivity index is 1.57. The van der Waals surface area contributed by atoms with E-state index in [1.165, 1.54) is 24.3 Å². The van der Waals surface area contributed by atoms with Crippen LogP contribution < -0.4 is 9.88 Å². The highest BCUT2D eigenvalue weighted by Crippen LogP contribution is 2.37. The molecule has 1 aliphatic heterocycles. The topological polar surface area (TPSA) is 105 Å². The van der Waals surface area contributed by atoms with Gasteiger partial charge in [-0.05, 0) is 30.3 Å². The summed E-state index contributed by atoms with van der Waals surface area (Å²) in [5.74, 6) is -1.09. The van der Waals surface area contributed by atoms with Crippen LogP contribution in [0.5, 0.6) is 5.75 Å². The van der Waals surface area contributed by atoms with E-state index in [-0.39, 0.29) is 34.3 Å². The fourth-order valence-electron chi connectivity index (χ4n) is 3.22. The average Bonchev–Trinajstić information content (AvgIpc) is 2.77. The summed E-state index contributed by atoms with van der Waals surface area (Å²) in [6.07, 6.45) is -0.704. The van der Waals surface area contributed by atoms with Gasteiger partial charge in [-0.25, -0.2) is 22.7 Å². The number of carbonyl (C=O) groups is 1. The number of halogens is 2. The summed E-state index contributed by atoms with van der Waals surface area (Å²) >= 11 is 6.01. The molecule has 1 atom stereocenters. The number of fused-ring (bicyclic) bond motifs is 1. The maximum atomic E-state index is 14.1. The molecule has 166 valence electrons. The minimum Gasteiger partial charge on any atom is -0.460 e. The van der Waals surface area contributed by atoms with Crippen molar-refractivity contribution in [2.75, 3.05) is 0 Å². The second kappa shape index (κ2) is 8.87. The van der Waals surface area contributed by atoms with Crippen molar-refractivity contribution < 1.29 is 31.8 Å². The highest BCUT2D eigenvalue weighted by atomic mass is 35.5. The number of hydrogen-bond acceptors (Lipinski definition) is 6. The molecule has 0 amide bonds. The van der Waals surface area contributed by atoms with Crippen LogP contribution in [-0.2, 0) is 32.7 Å². The number of sulfonamides is 1. The molecule has 32 heavy (non-hydrogen) atoms. The lowest BCUT2D eigenvalue weighted by atomic mass is 10.1. The Hall–Kier alpha value is -2.98. The Bertz CT molecular complexity index is 1280. The first kappa shape index (κ1) is 22.2. The smallest absolute Gasteiger partial charge is 0.340 e. The summed E-state index contributed by atoms with van der Waals surface area (Å²) in [7, 11) is -4.04. The van der Waals surface area contributed by atoms with Gasteiger partial charge in [0.2, 0.25) is 16.3 Å². The van der Waals surface area contributed by atoms with Gasteiger partial charge in [0.1, 0.15) is 18.2 Å². The fraction of sp³-hybridized carbons (Fsp3) is 0.136. The molecule has 0 aliphatic carbocycles. The summed E-state index contributed by atoms with van der Waals surface area (Å²) in [6, 6.07) is 15.1. The Morgan fingerprint density at radius 3 is 2.62 bits per heavy atom. The second-order valence-electron chi connectivity index (χ2n) is 6.99. The van der Waals surface area contributed by atoms with E-state index in [4.69, 9.17) is 31.0 Å². The lowest BCUT2D eigenvalue weighted by Gasteiger charge is -2.28. The van der Waals surface area contributed by atoms with Crippen molar-refractivity contribution in [3.8, 4) is 5.75 Å². The molecule has 3 aromatic rings. The molecule has 2 N–H and O–H groups in total. The van der Waals surface area contributed by atoms with Gasteiger partial charge in [0.25, 0.3) is 0 Å². The molecule has 0 saturated carbocycles. The summed E-state index contributed by atoms with van der Waals surface area (Å²) in [5, 5.41) is 5.09. The molecule has 0 bridgehead atoms. The number of ether oxygens (including phenoxy) is 3. The third kappa shape index (κ3) is 4.76. The standard InChI is InChI=1S/C22H17ClFNO6S/c23-19-7-6-17(32(25,27)28)10-18(19)21(26)29-11-14-8-16(24)9-15-12-30-22(31-20(14)15)13-4-2-1-3-5-13/h1-10,22H,11-12H2,(H2,25,27,28). The second-order valence-corrected chi connectivity index (χ2v) is 8.96. The predicted octanol–water partition coefficient (Wildman–Crippen LogP) is 4.09. The van der Waals surface area contributed by atoms with Gasteiger partial charge in [0.05, 0.1) is 22.1 Å². The average molecular weight is 478 g/mol. The Labute approximate surface area is 188 Å². The number of nitrogens with two attached hydrogens (primary N) is 1. The van der Waals surface area contributed by atoms with Crippen LogP contribution in [0.1, 0.15) is 33.3 Å². The lowest BCUT2D eigenvalue weighted by Crippen LogP contribution is -2.20. The minimum absolute atomic E-state index is 0.0162. The number of carbonyl (C=O) groups excluding carboxylic acids is 1. The molecule has 0 fully saturated rings. The van der Waals surface area contributed by atoms with Gasteiger partial charge in [0.15, 0.2) is 0 Å². The van der Waals surface area contributed by atoms with E-state index in [1.54, 1.807) is 0 Å². The Kier molecular flexibility index (Phi) is 6.16. The molecule has 1 unspecified atom stereocenters. The van der Waals surface area contributed by atoms with Crippen LogP contribution in [0.25, 0.3) is 0 Å². The largest absolute Gasteiger partial charge is 0.460 e. The van der Waals surface area contributed by atoms with E-state index in [1.807, 2.05) is 30.3 Å². The Morgan fingerprint density at radius 2 is 1.91 bits per heavy atom. The Morgan fingerprint density at radius 1 is 1.16 bits per heavy atom. The molecule has 0 saturated heterocycles. The molecule has 0 aromatic heterocycles. The summed E-state index contributed by atoms with van der Waals surface area (Å²) in [4.78, 5) is 12.3. The predicted molar refractivity (Wildman–Crippen MR) is 113 cm³/mol. The van der Waals surface area contributed by atoms with Crippen molar-refractivity contribution in [2.45, 2.75) is 24.4 Å². The molecular formula is C22H17ClFNO6S. The van der Waals surface area contributed by atoms with E-state index in [9.17, 15) is 17.6 Å². The SMILES string of the molecule is NS(=O)(=O)c1ccc(Cl)c(C(=O)OCc2cc(F)cc3c2OC(c2ccccc2)OC3)c1. The van der Waals surface area contributed by atoms with E-state index < -0.39 is 28.1 Å². The van der Waals surface area contributed by atoms with Crippen LogP contribution in [0.2, 0.25) is 5.02 Å². The maximum Gasteiger partial charge on any atom is 0.340 e. The number of benzene rings is 3. The normalized spacial score (nSPS) is 15.5. The molecule has 0 radical (unpaired) electrons. The van der Waals surface area contributed by atoms with Crippen LogP contribution in [0.15, 0.2) is 65.6 Å². The van der Waals surface area contributed by atoms with Gasteiger partial charge in [-0.1, -0.05) is 41.9 Å². The summed E-state index contributed by atoms with van der Waals surface area (Å²) in [5.41, 5.74) is 1.35. The molecule has 4 rings (SSSR count). The molecule has 1 aliphatic rings. The molecule has 7 nitrogen and oxygen atoms in total. The zero-order valence-electron chi connectivity index (χ0n) is 16.5. The molecule has 10 heteroatoms. The first-order chi connectivity index (χ1) is 15.2. The van der Waals surface area contributed by atoms with E-state index in [2.05, 4.69) is 0 Å². The zero-order chi connectivity index (χ0) is 22.9. The van der Waals surface area contributed by atoms with Gasteiger partial charge in [-0.15, -0.1) is 0 Å². The van der Waals surface area contributed by atoms with Crippen molar-refractivity contribution in [1.82, 2.24) is 0 Å². The van der Waals surface area contributed by atoms with Gasteiger partial charge in [-0.3, -0.25) is 0 Å². The quantitative estimate of drug-likeness (QED) is 0.555. The summed E-state index contributed by atoms with van der Waals surface area (Å²) in [6.45, 7) is -0.230. The van der Waals surface area contributed by atoms with E-state index in [0.29, 0.717) is 11.3 Å². The van der Waals surface area contributed by atoms with Crippen LogP contribution in [0.3, 0.4) is 0 Å². The van der Waals surface area contributed by atoms with Crippen molar-refractivity contribution in [3.63, 3.8) is 0 Å². The van der Waals surface area contributed by atoms with E-state index >= 15 is 0 Å². The molecular weight excluding hydrogens is 461 g/mol. The maximum absolute atomic E-state index is 14.1. The van der Waals surface area contributed by atoms with Crippen LogP contribution in [0, 0.1) is 5.82 Å². The van der Waals surface area contributed by atoms with Gasteiger partial charge < -0.3 is 14.2 Å². The van der Waals surface area contributed by atoms with Gasteiger partial charge >= 0.3 is 5.97 Å². The minimum atomic E-state index is -4.04. The van der Waals surface area contributed by atoms with E-state index in [0.717, 1.165) is 11.6 Å².